The molecular formula is C62H57N3O. The van der Waals surface area contributed by atoms with Crippen LogP contribution in [0.15, 0.2) is 174 Å². The van der Waals surface area contributed by atoms with Crippen LogP contribution in [0.25, 0.3) is 88.8 Å². The first kappa shape index (κ1) is 42.6. The van der Waals surface area contributed by atoms with Crippen LogP contribution in [0.5, 0.6) is 0 Å². The first-order chi connectivity index (χ1) is 32.1. The van der Waals surface area contributed by atoms with E-state index >= 15 is 0 Å². The number of unbranched alkanes of at least 4 members (excludes halogenated alkanes) is 1. The van der Waals surface area contributed by atoms with E-state index in [1.807, 2.05) is 24.3 Å². The van der Waals surface area contributed by atoms with Gasteiger partial charge in [0.25, 0.3) is 0 Å². The maximum Gasteiger partial charge on any atom is 0.160 e. The second kappa shape index (κ2) is 17.6. The highest BCUT2D eigenvalue weighted by molar-refractivity contribution is 6.13. The summed E-state index contributed by atoms with van der Waals surface area (Å²) in [5.74, 6) is 0.782. The second-order valence-corrected chi connectivity index (χ2v) is 18.5. The van der Waals surface area contributed by atoms with E-state index in [1.54, 1.807) is 0 Å². The number of fused-ring (bicyclic) bond motifs is 9. The van der Waals surface area contributed by atoms with Crippen LogP contribution >= 0.6 is 0 Å². The minimum Gasteiger partial charge on any atom is -0.456 e. The minimum atomic E-state index is -0.124. The molecule has 0 radical (unpaired) electrons. The van der Waals surface area contributed by atoms with E-state index in [0.29, 0.717) is 0 Å². The number of nitrogens with zero attached hydrogens (tertiary/aromatic N) is 3. The summed E-state index contributed by atoms with van der Waals surface area (Å²) in [6.07, 6.45) is 11.5. The lowest BCUT2D eigenvalue weighted by atomic mass is 9.82. The third-order valence-electron chi connectivity index (χ3n) is 13.6. The van der Waals surface area contributed by atoms with Gasteiger partial charge in [-0.05, 0) is 133 Å². The molecular weight excluding hydrogens is 803 g/mol. The Morgan fingerprint density at radius 3 is 1.95 bits per heavy atom. The van der Waals surface area contributed by atoms with Gasteiger partial charge >= 0.3 is 0 Å². The van der Waals surface area contributed by atoms with Crippen LogP contribution in [0.3, 0.4) is 0 Å². The second-order valence-electron chi connectivity index (χ2n) is 18.5. The number of rotatable bonds is 5. The lowest BCUT2D eigenvalue weighted by molar-refractivity contribution is 0.647. The van der Waals surface area contributed by atoms with Crippen LogP contribution in [0, 0.1) is 20.8 Å². The summed E-state index contributed by atoms with van der Waals surface area (Å²) in [7, 11) is 0. The Bertz CT molecular complexity index is 3490. The number of benzene rings is 7. The topological polar surface area (TPSA) is 43.9 Å². The summed E-state index contributed by atoms with van der Waals surface area (Å²) in [4.78, 5) is 9.77. The van der Waals surface area contributed by atoms with E-state index in [-0.39, 0.29) is 5.41 Å². The summed E-state index contributed by atoms with van der Waals surface area (Å²) < 4.78 is 8.69. The maximum absolute atomic E-state index is 6.27. The van der Waals surface area contributed by atoms with Gasteiger partial charge in [-0.2, -0.15) is 0 Å². The molecule has 0 bridgehead atoms. The molecule has 0 atom stereocenters. The van der Waals surface area contributed by atoms with Crippen molar-refractivity contribution in [3.63, 3.8) is 0 Å². The van der Waals surface area contributed by atoms with Crippen LogP contribution in [0.1, 0.15) is 86.9 Å². The monoisotopic (exact) mass is 859 g/mol. The van der Waals surface area contributed by atoms with Crippen molar-refractivity contribution in [1.82, 2.24) is 14.5 Å². The van der Waals surface area contributed by atoms with Gasteiger partial charge in [-0.3, -0.25) is 0 Å². The number of furan rings is 1. The smallest absolute Gasteiger partial charge is 0.160 e. The summed E-state index contributed by atoms with van der Waals surface area (Å²) in [6.45, 7) is 15.5. The zero-order chi connectivity index (χ0) is 45.5. The Labute approximate surface area is 389 Å². The predicted molar refractivity (Wildman–Crippen MR) is 280 cm³/mol. The molecule has 0 aliphatic heterocycles. The van der Waals surface area contributed by atoms with Crippen molar-refractivity contribution < 1.29 is 4.42 Å². The zero-order valence-electron chi connectivity index (χ0n) is 39.2. The molecule has 0 amide bonds. The van der Waals surface area contributed by atoms with Crippen molar-refractivity contribution in [2.75, 3.05) is 0 Å². The number of hydrogen-bond donors (Lipinski definition) is 0. The average molecular weight is 860 g/mol. The first-order valence-corrected chi connectivity index (χ1v) is 23.6. The fourth-order valence-electron chi connectivity index (χ4n) is 9.55. The largest absolute Gasteiger partial charge is 0.456 e. The van der Waals surface area contributed by atoms with Gasteiger partial charge in [-0.1, -0.05) is 155 Å². The quantitative estimate of drug-likeness (QED) is 0.173. The molecule has 4 heteroatoms. The Balaban J connectivity index is 0.000000150. The molecule has 66 heavy (non-hydrogen) atoms. The average Bonchev–Trinajstić information content (AvgIpc) is 3.96. The molecule has 3 heterocycles. The van der Waals surface area contributed by atoms with Gasteiger partial charge in [0.2, 0.25) is 0 Å². The Morgan fingerprint density at radius 2 is 1.23 bits per heavy atom. The highest BCUT2D eigenvalue weighted by Crippen LogP contribution is 2.53. The van der Waals surface area contributed by atoms with Crippen molar-refractivity contribution in [3.8, 4) is 39.5 Å². The van der Waals surface area contributed by atoms with E-state index in [1.165, 1.54) is 95.6 Å². The summed E-state index contributed by atoms with van der Waals surface area (Å²) >= 11 is 0. The van der Waals surface area contributed by atoms with Crippen molar-refractivity contribution in [2.45, 2.75) is 79.6 Å². The van der Waals surface area contributed by atoms with Crippen LogP contribution in [0.2, 0.25) is 0 Å². The van der Waals surface area contributed by atoms with Crippen LogP contribution < -0.4 is 0 Å². The molecule has 10 aromatic rings. The van der Waals surface area contributed by atoms with Gasteiger partial charge in [0.15, 0.2) is 5.82 Å². The maximum atomic E-state index is 6.27. The fraction of sp³-hybridized carbons (Fsp3) is 0.194. The van der Waals surface area contributed by atoms with Crippen molar-refractivity contribution >= 4 is 49.3 Å². The molecule has 7 aromatic carbocycles. The third kappa shape index (κ3) is 7.75. The third-order valence-corrected chi connectivity index (χ3v) is 13.6. The normalized spacial score (nSPS) is 13.5. The number of allylic oxidation sites excluding steroid dienone is 4. The van der Waals surface area contributed by atoms with E-state index in [2.05, 4.69) is 199 Å². The van der Waals surface area contributed by atoms with E-state index in [0.717, 1.165) is 52.3 Å². The molecule has 0 fully saturated rings. The van der Waals surface area contributed by atoms with E-state index in [4.69, 9.17) is 14.4 Å². The minimum absolute atomic E-state index is 0.124. The van der Waals surface area contributed by atoms with Crippen molar-refractivity contribution in [2.24, 2.45) is 0 Å². The van der Waals surface area contributed by atoms with Gasteiger partial charge < -0.3 is 8.98 Å². The molecule has 12 rings (SSSR count). The Hall–Kier alpha value is -7.30. The highest BCUT2D eigenvalue weighted by atomic mass is 16.3. The summed E-state index contributed by atoms with van der Waals surface area (Å²) in [6, 6.07) is 54.3. The van der Waals surface area contributed by atoms with Gasteiger partial charge in [0.05, 0.1) is 22.4 Å². The standard InChI is InChI=1S/C34H25NO.C24H22N2.C4H10/c1-20-12-14-21(15-13-20)35-30-10-6-4-8-22(30)26-16-24-25-17-27-23-9-5-7-11-32(23)36-33(27)19-29(25)34(2,3)28(24)18-31(26)35;1-17-13-14-21(15-18(17)2)24-25-22(19-9-5-3-6-10-19)16-23(26-24)20-11-7-4-8-12-20;1-3-4-2/h4-19H,1-3H3;3,5-7,9-16H,4,8H2,1-2H3;3-4H2,1-2H3. The molecule has 3 aromatic heterocycles. The molecule has 4 nitrogen and oxygen atoms in total. The summed E-state index contributed by atoms with van der Waals surface area (Å²) in [5, 5.41) is 4.96. The summed E-state index contributed by atoms with van der Waals surface area (Å²) in [5.41, 5.74) is 20.0. The van der Waals surface area contributed by atoms with Crippen molar-refractivity contribution in [3.05, 3.63) is 203 Å². The number of aromatic nitrogens is 3. The SMILES string of the molecule is CCCC.Cc1ccc(-c2nc(C3=CCCC=C3)cc(-c3ccccc3)n2)cc1C.Cc1ccc(-n2c3ccccc3c3cc4c(cc32)C(C)(C)c2cc3oc5ccccc5c3cc2-4)cc1. The fourth-order valence-corrected chi connectivity index (χ4v) is 9.55. The van der Waals surface area contributed by atoms with Crippen LogP contribution in [-0.4, -0.2) is 14.5 Å². The van der Waals surface area contributed by atoms with E-state index in [9.17, 15) is 0 Å². The lowest BCUT2D eigenvalue weighted by Crippen LogP contribution is -2.15. The molecule has 0 saturated heterocycles. The number of hydrogen-bond acceptors (Lipinski definition) is 3. The molecule has 0 saturated carbocycles. The molecule has 0 unspecified atom stereocenters. The van der Waals surface area contributed by atoms with Gasteiger partial charge in [0, 0.05) is 43.8 Å². The number of aryl methyl sites for hydroxylation is 3. The van der Waals surface area contributed by atoms with Gasteiger partial charge in [0.1, 0.15) is 11.2 Å². The lowest BCUT2D eigenvalue weighted by Gasteiger charge is -2.21. The Morgan fingerprint density at radius 1 is 0.545 bits per heavy atom. The molecule has 0 N–H and O–H groups in total. The zero-order valence-corrected chi connectivity index (χ0v) is 39.2. The Kier molecular flexibility index (Phi) is 11.4. The van der Waals surface area contributed by atoms with Gasteiger partial charge in [-0.15, -0.1) is 0 Å². The van der Waals surface area contributed by atoms with Crippen LogP contribution in [-0.2, 0) is 5.41 Å². The van der Waals surface area contributed by atoms with E-state index < -0.39 is 0 Å². The first-order valence-electron chi connectivity index (χ1n) is 23.6. The highest BCUT2D eigenvalue weighted by Gasteiger charge is 2.37. The van der Waals surface area contributed by atoms with Gasteiger partial charge in [-0.25, -0.2) is 9.97 Å². The molecule has 0 spiro atoms. The molecule has 2 aliphatic carbocycles. The molecule has 326 valence electrons. The van der Waals surface area contributed by atoms with Crippen LogP contribution in [0.4, 0.5) is 0 Å². The molecule has 2 aliphatic rings. The predicted octanol–water partition coefficient (Wildman–Crippen LogP) is 17.3. The van der Waals surface area contributed by atoms with Crippen molar-refractivity contribution in [1.29, 1.82) is 0 Å². The number of para-hydroxylation sites is 2.